The molecule has 1 unspecified atom stereocenters. The molecule has 3 amide bonds. The number of carbonyl (C=O) groups is 3. The number of aromatic nitrogens is 5. The highest BCUT2D eigenvalue weighted by Crippen LogP contribution is 2.50. The maximum Gasteiger partial charge on any atom is 0.410 e. The van der Waals surface area contributed by atoms with Crippen LogP contribution < -0.4 is 10.1 Å². The monoisotopic (exact) mass is 888 g/mol. The highest BCUT2D eigenvalue weighted by molar-refractivity contribution is 7.12. The molecule has 4 aliphatic rings. The molecular formula is C48H53FN8O6S. The predicted molar refractivity (Wildman–Crippen MR) is 240 cm³/mol. The summed E-state index contributed by atoms with van der Waals surface area (Å²) in [5, 5.41) is 3.61. The fourth-order valence-electron chi connectivity index (χ4n) is 9.46. The topological polar surface area (TPSA) is 160 Å². The van der Waals surface area contributed by atoms with Crippen LogP contribution in [0.1, 0.15) is 119 Å². The number of alkyl carbamates (subject to hydrolysis) is 1. The fourth-order valence-corrected chi connectivity index (χ4v) is 10.7. The number of ether oxygens (including phenoxy) is 3. The number of carbonyl (C=O) groups excluding carboxylic acids is 3. The van der Waals surface area contributed by atoms with Crippen LogP contribution in [0.3, 0.4) is 0 Å². The molecule has 3 aliphatic heterocycles. The Kier molecular flexibility index (Phi) is 10.5. The van der Waals surface area contributed by atoms with Gasteiger partial charge < -0.3 is 34.4 Å². The van der Waals surface area contributed by atoms with Crippen molar-refractivity contribution in [3.05, 3.63) is 88.1 Å². The van der Waals surface area contributed by atoms with E-state index in [1.807, 2.05) is 52.8 Å². The molecule has 2 saturated heterocycles. The summed E-state index contributed by atoms with van der Waals surface area (Å²) in [7, 11) is 1.27. The van der Waals surface area contributed by atoms with Crippen LogP contribution >= 0.6 is 11.3 Å². The van der Waals surface area contributed by atoms with Gasteiger partial charge in [-0.3, -0.25) is 14.3 Å². The van der Waals surface area contributed by atoms with E-state index >= 15 is 4.39 Å². The first-order valence-electron chi connectivity index (χ1n) is 22.3. The van der Waals surface area contributed by atoms with E-state index in [0.717, 1.165) is 46.3 Å². The molecule has 3 fully saturated rings. The summed E-state index contributed by atoms with van der Waals surface area (Å²) in [4.78, 5) is 61.3. The molecule has 3 N–H and O–H groups in total. The summed E-state index contributed by atoms with van der Waals surface area (Å²) in [6.07, 6.45) is 7.47. The number of hydrogen-bond donors (Lipinski definition) is 3. The van der Waals surface area contributed by atoms with Crippen LogP contribution in [0.4, 0.5) is 14.0 Å². The van der Waals surface area contributed by atoms with Crippen LogP contribution in [0.25, 0.3) is 44.7 Å². The molecule has 334 valence electrons. The quantitative estimate of drug-likeness (QED) is 0.129. The van der Waals surface area contributed by atoms with Crippen molar-refractivity contribution in [3.8, 4) is 39.5 Å². The van der Waals surface area contributed by atoms with Crippen molar-refractivity contribution < 1.29 is 33.0 Å². The van der Waals surface area contributed by atoms with Gasteiger partial charge in [-0.1, -0.05) is 19.9 Å². The van der Waals surface area contributed by atoms with E-state index in [1.54, 1.807) is 33.5 Å². The molecule has 4 atom stereocenters. The van der Waals surface area contributed by atoms with Crippen LogP contribution in [0.15, 0.2) is 60.9 Å². The number of aromatic amines is 2. The number of likely N-dealkylation sites (tertiary alicyclic amines) is 2. The average molecular weight is 889 g/mol. The molecule has 64 heavy (non-hydrogen) atoms. The van der Waals surface area contributed by atoms with Crippen LogP contribution in [0.2, 0.25) is 0 Å². The van der Waals surface area contributed by atoms with Gasteiger partial charge >= 0.3 is 12.2 Å². The lowest BCUT2D eigenvalue weighted by Gasteiger charge is -2.30. The number of methoxy groups -OCH3 is 1. The number of thiophene rings is 1. The summed E-state index contributed by atoms with van der Waals surface area (Å²) >= 11 is 1.74. The van der Waals surface area contributed by atoms with E-state index < -0.39 is 29.8 Å². The third-order valence-corrected chi connectivity index (χ3v) is 14.0. The van der Waals surface area contributed by atoms with Crippen LogP contribution in [0.5, 0.6) is 5.75 Å². The molecule has 6 aromatic rings. The lowest BCUT2D eigenvalue weighted by atomic mass is 10.0. The Morgan fingerprint density at radius 1 is 0.938 bits per heavy atom. The first-order valence-corrected chi connectivity index (χ1v) is 23.1. The van der Waals surface area contributed by atoms with E-state index in [9.17, 15) is 14.4 Å². The Morgan fingerprint density at radius 2 is 1.69 bits per heavy atom. The number of amides is 3. The van der Waals surface area contributed by atoms with Gasteiger partial charge in [-0.2, -0.15) is 0 Å². The number of halogens is 1. The van der Waals surface area contributed by atoms with Crippen molar-refractivity contribution in [1.82, 2.24) is 39.6 Å². The van der Waals surface area contributed by atoms with Crippen LogP contribution in [-0.2, 0) is 14.3 Å². The lowest BCUT2D eigenvalue weighted by molar-refractivity contribution is -0.135. The molecule has 10 rings (SSSR count). The Morgan fingerprint density at radius 3 is 2.42 bits per heavy atom. The van der Waals surface area contributed by atoms with Crippen LogP contribution in [-0.4, -0.2) is 84.2 Å². The van der Waals surface area contributed by atoms with Crippen molar-refractivity contribution in [2.24, 2.45) is 5.92 Å². The van der Waals surface area contributed by atoms with E-state index in [4.69, 9.17) is 24.2 Å². The second-order valence-electron chi connectivity index (χ2n) is 18.7. The molecule has 0 spiro atoms. The summed E-state index contributed by atoms with van der Waals surface area (Å²) in [6, 6.07) is 14.6. The third kappa shape index (κ3) is 7.68. The number of hydrogen-bond acceptors (Lipinski definition) is 9. The zero-order valence-corrected chi connectivity index (χ0v) is 37.7. The SMILES string of the molecule is COC(=O)N[C@H](C(=O)N1CCC[C@H]1c1nc(-c2cc(F)c3c(c2)OC(c2ccc(C4CC4)s2)n2c-3cc3cc(-c4cnc([C@@H]5CCCN5C(=O)OC(C)(C)C)[nH]4)ccc32)c[nH]1)C(C)C. The normalized spacial score (nSPS) is 20.0. The van der Waals surface area contributed by atoms with E-state index in [-0.39, 0.29) is 30.0 Å². The number of H-pyrrole nitrogens is 2. The van der Waals surface area contributed by atoms with Crippen molar-refractivity contribution in [1.29, 1.82) is 0 Å². The summed E-state index contributed by atoms with van der Waals surface area (Å²) in [5.74, 6) is 1.48. The zero-order valence-electron chi connectivity index (χ0n) is 36.9. The minimum absolute atomic E-state index is 0.163. The molecule has 1 aliphatic carbocycles. The fraction of sp³-hybridized carbons (Fsp3) is 0.438. The standard InChI is InChI=1S/C48H53FN8O6S/c1-25(2)41(54-46(59)61-6)44(58)55-17-7-9-34(55)42-51-24-32(53-42)28-20-30(49)40-36-21-29-19-27(31-23-50-43(52-31)35-10-8-18-56(35)47(60)63-48(3,4)5)13-14-33(29)57(36)45(62-37(40)22-28)39-16-15-38(64-39)26-11-12-26/h13-16,19-26,34-35,41,45H,7-12,17-18H2,1-6H3,(H,50,52)(H,51,53)(H,54,59)/t34-,35-,41-,45?/m0/s1. The number of benzene rings is 2. The predicted octanol–water partition coefficient (Wildman–Crippen LogP) is 10.2. The maximum atomic E-state index is 16.8. The number of imidazole rings is 2. The van der Waals surface area contributed by atoms with E-state index in [1.165, 1.54) is 30.9 Å². The van der Waals surface area contributed by atoms with Crippen molar-refractivity contribution in [2.45, 2.75) is 109 Å². The van der Waals surface area contributed by atoms with Gasteiger partial charge in [-0.05, 0) is 114 Å². The van der Waals surface area contributed by atoms with Crippen molar-refractivity contribution in [3.63, 3.8) is 0 Å². The Hall–Kier alpha value is -6.16. The van der Waals surface area contributed by atoms with Gasteiger partial charge in [0.1, 0.15) is 34.9 Å². The molecule has 0 bridgehead atoms. The number of nitrogens with zero attached hydrogens (tertiary/aromatic N) is 5. The van der Waals surface area contributed by atoms with E-state index in [2.05, 4.69) is 44.1 Å². The summed E-state index contributed by atoms with van der Waals surface area (Å²) < 4.78 is 36.3. The van der Waals surface area contributed by atoms with Gasteiger partial charge in [0.15, 0.2) is 0 Å². The molecule has 16 heteroatoms. The summed E-state index contributed by atoms with van der Waals surface area (Å²) in [5.41, 5.74) is 4.17. The smallest absolute Gasteiger partial charge is 0.410 e. The molecule has 2 aromatic carbocycles. The highest BCUT2D eigenvalue weighted by atomic mass is 32.1. The molecule has 1 saturated carbocycles. The van der Waals surface area contributed by atoms with Gasteiger partial charge in [0.2, 0.25) is 12.1 Å². The van der Waals surface area contributed by atoms with Gasteiger partial charge in [-0.25, -0.2) is 23.9 Å². The second kappa shape index (κ2) is 16.1. The van der Waals surface area contributed by atoms with Gasteiger partial charge in [0, 0.05) is 40.7 Å². The number of nitrogens with one attached hydrogen (secondary N) is 3. The minimum atomic E-state index is -0.758. The molecule has 0 radical (unpaired) electrons. The Bertz CT molecular complexity index is 2780. The maximum absolute atomic E-state index is 16.8. The average Bonchev–Trinajstić information content (AvgIpc) is 3.98. The van der Waals surface area contributed by atoms with Crippen molar-refractivity contribution in [2.75, 3.05) is 20.2 Å². The Balaban J connectivity index is 0.976. The molecule has 7 heterocycles. The van der Waals surface area contributed by atoms with E-state index in [0.29, 0.717) is 65.3 Å². The van der Waals surface area contributed by atoms with Crippen LogP contribution in [0, 0.1) is 11.7 Å². The van der Waals surface area contributed by atoms with Crippen molar-refractivity contribution >= 4 is 40.3 Å². The largest absolute Gasteiger partial charge is 0.464 e. The first-order chi connectivity index (χ1) is 30.7. The lowest BCUT2D eigenvalue weighted by Crippen LogP contribution is -2.51. The minimum Gasteiger partial charge on any atom is -0.464 e. The van der Waals surface area contributed by atoms with Gasteiger partial charge in [0.05, 0.1) is 58.4 Å². The van der Waals surface area contributed by atoms with Gasteiger partial charge in [0.25, 0.3) is 0 Å². The second-order valence-corrected chi connectivity index (χ2v) is 19.9. The third-order valence-electron chi connectivity index (χ3n) is 12.7. The molecule has 14 nitrogen and oxygen atoms in total. The summed E-state index contributed by atoms with van der Waals surface area (Å²) in [6.45, 7) is 10.5. The molecular weight excluding hydrogens is 836 g/mol. The Labute approximate surface area is 374 Å². The van der Waals surface area contributed by atoms with Gasteiger partial charge in [-0.15, -0.1) is 11.3 Å². The zero-order chi connectivity index (χ0) is 44.6. The molecule has 4 aromatic heterocycles. The highest BCUT2D eigenvalue weighted by Gasteiger charge is 2.39. The number of fused-ring (bicyclic) bond motifs is 5. The first kappa shape index (κ1) is 41.8. The number of rotatable bonds is 9.